The maximum absolute atomic E-state index is 13.0. The minimum Gasteiger partial charge on any atom is -0.504 e. The lowest BCUT2D eigenvalue weighted by Gasteiger charge is -2.28. The van der Waals surface area contributed by atoms with Crippen molar-refractivity contribution in [2.45, 2.75) is 38.4 Å². The third kappa shape index (κ3) is 2.28. The van der Waals surface area contributed by atoms with Crippen molar-refractivity contribution in [3.8, 4) is 11.5 Å². The molecule has 0 bridgehead atoms. The second-order valence-corrected chi connectivity index (χ2v) is 7.17. The Bertz CT molecular complexity index is 792. The fourth-order valence-corrected chi connectivity index (χ4v) is 4.09. The third-order valence-corrected chi connectivity index (χ3v) is 5.37. The Morgan fingerprint density at radius 1 is 1.31 bits per heavy atom. The largest absolute Gasteiger partial charge is 0.504 e. The van der Waals surface area contributed by atoms with E-state index in [9.17, 15) is 24.6 Å². The number of carboxylic acid groups (broad SMARTS) is 1. The summed E-state index contributed by atoms with van der Waals surface area (Å²) in [6, 6.07) is 3.59. The van der Waals surface area contributed by atoms with E-state index in [0.29, 0.717) is 5.56 Å². The normalized spacial score (nSPS) is 30.8. The summed E-state index contributed by atoms with van der Waals surface area (Å²) in [5.74, 6) is -4.08. The molecule has 1 aromatic rings. The van der Waals surface area contributed by atoms with E-state index in [1.165, 1.54) is 14.0 Å². The number of hydrogen-bond donors (Lipinski definition) is 3. The summed E-state index contributed by atoms with van der Waals surface area (Å²) < 4.78 is 5.11. The van der Waals surface area contributed by atoms with Gasteiger partial charge < -0.3 is 14.9 Å². The molecule has 0 spiro atoms. The first-order valence-corrected chi connectivity index (χ1v) is 8.39. The molecule has 8 nitrogen and oxygen atoms in total. The smallest absolute Gasteiger partial charge is 0.324 e. The maximum atomic E-state index is 13.0. The van der Waals surface area contributed by atoms with Crippen molar-refractivity contribution in [1.82, 2.24) is 10.2 Å². The van der Waals surface area contributed by atoms with E-state index in [1.54, 1.807) is 32.0 Å². The predicted octanol–water partition coefficient (Wildman–Crippen LogP) is 0.898. The number of phenols is 1. The Hall–Kier alpha value is -2.61. The Kier molecular flexibility index (Phi) is 4.18. The minimum atomic E-state index is -1.62. The molecule has 0 saturated carbocycles. The SMILES string of the molecule is COc1cccc([C@@H]2N[C@](C)(C(=O)O)[C@H]3C(=O)N(C(C)C)C(=O)[C@H]23)c1O. The van der Waals surface area contributed by atoms with Crippen LogP contribution in [0.25, 0.3) is 0 Å². The molecular formula is C18H22N2O6. The van der Waals surface area contributed by atoms with Crippen LogP contribution in [0.1, 0.15) is 32.4 Å². The number of para-hydroxylation sites is 1. The van der Waals surface area contributed by atoms with Gasteiger partial charge in [-0.25, -0.2) is 0 Å². The van der Waals surface area contributed by atoms with Crippen LogP contribution in [0, 0.1) is 11.8 Å². The highest BCUT2D eigenvalue weighted by atomic mass is 16.5. The van der Waals surface area contributed by atoms with Crippen LogP contribution in [-0.4, -0.2) is 51.6 Å². The lowest BCUT2D eigenvalue weighted by atomic mass is 9.80. The Labute approximate surface area is 150 Å². The van der Waals surface area contributed by atoms with E-state index < -0.39 is 41.2 Å². The van der Waals surface area contributed by atoms with Crippen molar-refractivity contribution >= 4 is 17.8 Å². The van der Waals surface area contributed by atoms with Crippen LogP contribution in [0.15, 0.2) is 18.2 Å². The molecule has 2 aliphatic rings. The maximum Gasteiger partial charge on any atom is 0.324 e. The molecule has 3 N–H and O–H groups in total. The van der Waals surface area contributed by atoms with Gasteiger partial charge in [-0.15, -0.1) is 0 Å². The van der Waals surface area contributed by atoms with Gasteiger partial charge in [-0.2, -0.15) is 0 Å². The summed E-state index contributed by atoms with van der Waals surface area (Å²) in [5, 5.41) is 23.1. The van der Waals surface area contributed by atoms with Crippen LogP contribution in [0.5, 0.6) is 11.5 Å². The number of rotatable bonds is 4. The molecule has 0 unspecified atom stereocenters. The van der Waals surface area contributed by atoms with Gasteiger partial charge in [0.25, 0.3) is 0 Å². The van der Waals surface area contributed by atoms with Crippen LogP contribution < -0.4 is 10.1 Å². The lowest BCUT2D eigenvalue weighted by molar-refractivity contribution is -0.151. The van der Waals surface area contributed by atoms with Crippen LogP contribution >= 0.6 is 0 Å². The molecule has 3 rings (SSSR count). The van der Waals surface area contributed by atoms with E-state index in [2.05, 4.69) is 5.32 Å². The Morgan fingerprint density at radius 3 is 2.50 bits per heavy atom. The number of nitrogens with zero attached hydrogens (tertiary/aromatic N) is 1. The first-order chi connectivity index (χ1) is 12.1. The first kappa shape index (κ1) is 18.2. The fraction of sp³-hybridized carbons (Fsp3) is 0.500. The van der Waals surface area contributed by atoms with Crippen molar-refractivity contribution < 1.29 is 29.3 Å². The molecule has 2 saturated heterocycles. The van der Waals surface area contributed by atoms with E-state index in [0.717, 1.165) is 4.90 Å². The van der Waals surface area contributed by atoms with Gasteiger partial charge in [0.05, 0.1) is 18.9 Å². The standard InChI is InChI=1S/C18H22N2O6/c1-8(2)20-15(22)11-12(16(20)23)18(3,17(24)25)19-13(11)9-6-5-7-10(26-4)14(9)21/h5-8,11-13,19,21H,1-4H3,(H,24,25)/t11-,12+,13-,18-/m0/s1. The first-order valence-electron chi connectivity index (χ1n) is 8.39. The number of ether oxygens (including phenoxy) is 1. The van der Waals surface area contributed by atoms with E-state index >= 15 is 0 Å². The summed E-state index contributed by atoms with van der Waals surface area (Å²) >= 11 is 0. The monoisotopic (exact) mass is 362 g/mol. The molecular weight excluding hydrogens is 340 g/mol. The number of hydrogen-bond acceptors (Lipinski definition) is 6. The van der Waals surface area contributed by atoms with Crippen molar-refractivity contribution in [2.75, 3.05) is 7.11 Å². The number of aliphatic carboxylic acids is 1. The quantitative estimate of drug-likeness (QED) is 0.681. The number of fused-ring (bicyclic) bond motifs is 1. The van der Waals surface area contributed by atoms with Gasteiger partial charge in [-0.05, 0) is 26.8 Å². The number of amides is 2. The summed E-state index contributed by atoms with van der Waals surface area (Å²) in [5.41, 5.74) is -1.29. The molecule has 2 fully saturated rings. The van der Waals surface area contributed by atoms with Crippen molar-refractivity contribution in [3.05, 3.63) is 23.8 Å². The molecule has 140 valence electrons. The van der Waals surface area contributed by atoms with Gasteiger partial charge in [0, 0.05) is 17.6 Å². The van der Waals surface area contributed by atoms with Gasteiger partial charge in [0.15, 0.2) is 11.5 Å². The van der Waals surface area contributed by atoms with Gasteiger partial charge >= 0.3 is 5.97 Å². The molecule has 2 heterocycles. The number of phenolic OH excluding ortho intramolecular Hbond substituents is 1. The second-order valence-electron chi connectivity index (χ2n) is 7.17. The van der Waals surface area contributed by atoms with E-state index in [1.807, 2.05) is 0 Å². The van der Waals surface area contributed by atoms with Gasteiger partial charge in [0.2, 0.25) is 11.8 Å². The zero-order chi connectivity index (χ0) is 19.4. The zero-order valence-corrected chi connectivity index (χ0v) is 15.0. The minimum absolute atomic E-state index is 0.177. The van der Waals surface area contributed by atoms with Crippen molar-refractivity contribution in [1.29, 1.82) is 0 Å². The summed E-state index contributed by atoms with van der Waals surface area (Å²) in [6.07, 6.45) is 0. The summed E-state index contributed by atoms with van der Waals surface area (Å²) in [6.45, 7) is 4.82. The van der Waals surface area contributed by atoms with Crippen LogP contribution in [0.3, 0.4) is 0 Å². The van der Waals surface area contributed by atoms with Gasteiger partial charge in [-0.1, -0.05) is 12.1 Å². The van der Waals surface area contributed by atoms with E-state index in [-0.39, 0.29) is 17.5 Å². The van der Waals surface area contributed by atoms with Crippen molar-refractivity contribution in [3.63, 3.8) is 0 Å². The number of benzene rings is 1. The molecule has 4 atom stereocenters. The number of nitrogens with one attached hydrogen (secondary N) is 1. The highest BCUT2D eigenvalue weighted by Gasteiger charge is 2.67. The van der Waals surface area contributed by atoms with Crippen LogP contribution in [0.2, 0.25) is 0 Å². The van der Waals surface area contributed by atoms with Gasteiger partial charge in [-0.3, -0.25) is 24.6 Å². The topological polar surface area (TPSA) is 116 Å². The highest BCUT2D eigenvalue weighted by Crippen LogP contribution is 2.51. The molecule has 8 heteroatoms. The number of likely N-dealkylation sites (tertiary alicyclic amines) is 1. The Balaban J connectivity index is 2.16. The molecule has 0 aliphatic carbocycles. The average Bonchev–Trinajstić information content (AvgIpc) is 3.02. The molecule has 1 aromatic carbocycles. The number of imide groups is 1. The number of carbonyl (C=O) groups is 3. The lowest BCUT2D eigenvalue weighted by Crippen LogP contribution is -2.54. The number of aromatic hydroxyl groups is 1. The summed E-state index contributed by atoms with van der Waals surface area (Å²) in [4.78, 5) is 38.9. The molecule has 0 aromatic heterocycles. The van der Waals surface area contributed by atoms with E-state index in [4.69, 9.17) is 4.74 Å². The molecule has 2 amide bonds. The average molecular weight is 362 g/mol. The highest BCUT2D eigenvalue weighted by molar-refractivity contribution is 6.09. The number of carboxylic acids is 1. The fourth-order valence-electron chi connectivity index (χ4n) is 4.09. The Morgan fingerprint density at radius 2 is 1.96 bits per heavy atom. The molecule has 26 heavy (non-hydrogen) atoms. The molecule has 2 aliphatic heterocycles. The predicted molar refractivity (Wildman–Crippen MR) is 90.5 cm³/mol. The molecule has 0 radical (unpaired) electrons. The zero-order valence-electron chi connectivity index (χ0n) is 15.0. The van der Waals surface area contributed by atoms with Gasteiger partial charge in [0.1, 0.15) is 5.54 Å². The van der Waals surface area contributed by atoms with Crippen molar-refractivity contribution in [2.24, 2.45) is 11.8 Å². The number of carbonyl (C=O) groups excluding carboxylic acids is 2. The second kappa shape index (κ2) is 5.98. The third-order valence-electron chi connectivity index (χ3n) is 5.37. The van der Waals surface area contributed by atoms with Crippen LogP contribution in [-0.2, 0) is 14.4 Å². The number of methoxy groups -OCH3 is 1. The summed E-state index contributed by atoms with van der Waals surface area (Å²) in [7, 11) is 1.40. The van der Waals surface area contributed by atoms with Crippen LogP contribution in [0.4, 0.5) is 0 Å².